The number of likely N-dealkylation sites (tertiary alicyclic amines) is 1. The third kappa shape index (κ3) is 4.26. The van der Waals surface area contributed by atoms with Crippen molar-refractivity contribution in [3.8, 4) is 0 Å². The third-order valence-electron chi connectivity index (χ3n) is 3.29. The smallest absolute Gasteiger partial charge is 0.389 e. The Kier molecular flexibility index (Phi) is 5.53. The summed E-state index contributed by atoms with van der Waals surface area (Å²) in [5.41, 5.74) is 5.53. The maximum Gasteiger partial charge on any atom is 0.389 e. The summed E-state index contributed by atoms with van der Waals surface area (Å²) in [5, 5.41) is 38.1. The molecule has 1 heterocycles. The maximum atomic E-state index is 12.1. The molecule has 19 heavy (non-hydrogen) atoms. The standard InChI is InChI=1S/C10H19F3N2O4/c11-10(12,13)2-1-7(17)15-3-5(14)8(18)9(19)6(15)4-16/h5-9,16-19H,1-4,14H2/t5-,6+,7?,8+,9+/m0/s1. The van der Waals surface area contributed by atoms with Crippen molar-refractivity contribution in [1.29, 1.82) is 0 Å². The summed E-state index contributed by atoms with van der Waals surface area (Å²) in [6, 6.07) is -1.95. The SMILES string of the molecule is N[C@H]1CN(C(O)CCC(F)(F)F)[C@H](CO)[C@@H](O)[C@@H]1O. The topological polar surface area (TPSA) is 110 Å². The highest BCUT2D eigenvalue weighted by Crippen LogP contribution is 2.26. The van der Waals surface area contributed by atoms with E-state index in [9.17, 15) is 28.5 Å². The van der Waals surface area contributed by atoms with Gasteiger partial charge in [0, 0.05) is 19.0 Å². The lowest BCUT2D eigenvalue weighted by molar-refractivity contribution is -0.169. The first kappa shape index (κ1) is 16.6. The lowest BCUT2D eigenvalue weighted by Gasteiger charge is -2.45. The lowest BCUT2D eigenvalue weighted by atomic mass is 9.92. The van der Waals surface area contributed by atoms with Crippen molar-refractivity contribution in [2.75, 3.05) is 13.2 Å². The molecular formula is C10H19F3N2O4. The molecule has 1 aliphatic rings. The van der Waals surface area contributed by atoms with E-state index in [-0.39, 0.29) is 6.54 Å². The van der Waals surface area contributed by atoms with Gasteiger partial charge in [-0.2, -0.15) is 13.2 Å². The minimum Gasteiger partial charge on any atom is -0.395 e. The summed E-state index contributed by atoms with van der Waals surface area (Å²) < 4.78 is 36.3. The van der Waals surface area contributed by atoms with Crippen LogP contribution in [0.5, 0.6) is 0 Å². The average Bonchev–Trinajstić information content (AvgIpc) is 2.31. The van der Waals surface area contributed by atoms with Gasteiger partial charge in [-0.15, -0.1) is 0 Å². The average molecular weight is 288 g/mol. The van der Waals surface area contributed by atoms with Gasteiger partial charge in [-0.1, -0.05) is 0 Å². The Bertz CT molecular complexity index is 292. The molecule has 0 aromatic heterocycles. The number of hydrogen-bond acceptors (Lipinski definition) is 6. The van der Waals surface area contributed by atoms with Crippen LogP contribution in [0.25, 0.3) is 0 Å². The molecular weight excluding hydrogens is 269 g/mol. The predicted molar refractivity (Wildman–Crippen MR) is 58.9 cm³/mol. The molecule has 6 nitrogen and oxygen atoms in total. The van der Waals surface area contributed by atoms with Gasteiger partial charge in [-0.25, -0.2) is 0 Å². The molecule has 0 saturated carbocycles. The number of rotatable bonds is 4. The molecule has 1 unspecified atom stereocenters. The van der Waals surface area contributed by atoms with E-state index in [1.165, 1.54) is 0 Å². The second kappa shape index (κ2) is 6.33. The van der Waals surface area contributed by atoms with Gasteiger partial charge in [0.05, 0.1) is 24.9 Å². The van der Waals surface area contributed by atoms with Crippen LogP contribution in [0.2, 0.25) is 0 Å². The Balaban J connectivity index is 2.68. The molecule has 1 rings (SSSR count). The number of piperidine rings is 1. The van der Waals surface area contributed by atoms with Gasteiger partial charge in [0.2, 0.25) is 0 Å². The number of nitrogens with two attached hydrogens (primary N) is 1. The molecule has 9 heteroatoms. The zero-order chi connectivity index (χ0) is 14.8. The highest BCUT2D eigenvalue weighted by molar-refractivity contribution is 4.96. The molecule has 0 aromatic rings. The Morgan fingerprint density at radius 3 is 2.32 bits per heavy atom. The quantitative estimate of drug-likeness (QED) is 0.425. The van der Waals surface area contributed by atoms with E-state index in [0.29, 0.717) is 0 Å². The van der Waals surface area contributed by atoms with Crippen LogP contribution in [0.1, 0.15) is 12.8 Å². The van der Waals surface area contributed by atoms with Gasteiger partial charge in [0.25, 0.3) is 0 Å². The first-order valence-electron chi connectivity index (χ1n) is 5.90. The van der Waals surface area contributed by atoms with Crippen LogP contribution in [0, 0.1) is 0 Å². The van der Waals surface area contributed by atoms with Crippen LogP contribution in [0.15, 0.2) is 0 Å². The van der Waals surface area contributed by atoms with Crippen molar-refractivity contribution in [2.24, 2.45) is 5.73 Å². The molecule has 6 N–H and O–H groups in total. The number of aliphatic hydroxyl groups is 4. The zero-order valence-electron chi connectivity index (χ0n) is 10.2. The number of halogens is 3. The summed E-state index contributed by atoms with van der Waals surface area (Å²) in [4.78, 5) is 1.09. The molecule has 1 fully saturated rings. The van der Waals surface area contributed by atoms with Crippen LogP contribution in [0.3, 0.4) is 0 Å². The number of aliphatic hydroxyl groups excluding tert-OH is 4. The van der Waals surface area contributed by atoms with Crippen molar-refractivity contribution in [1.82, 2.24) is 4.90 Å². The minimum absolute atomic E-state index is 0.109. The normalized spacial score (nSPS) is 35.4. The summed E-state index contributed by atoms with van der Waals surface area (Å²) in [6.07, 6.45) is -10.4. The molecule has 0 aliphatic carbocycles. The zero-order valence-corrected chi connectivity index (χ0v) is 10.2. The number of alkyl halides is 3. The maximum absolute atomic E-state index is 12.1. The van der Waals surface area contributed by atoms with E-state index in [0.717, 1.165) is 4.90 Å². The molecule has 0 spiro atoms. The molecule has 5 atom stereocenters. The van der Waals surface area contributed by atoms with E-state index in [1.807, 2.05) is 0 Å². The fourth-order valence-electron chi connectivity index (χ4n) is 2.18. The van der Waals surface area contributed by atoms with Gasteiger partial charge in [0.15, 0.2) is 0 Å². The molecule has 0 bridgehead atoms. The van der Waals surface area contributed by atoms with Crippen LogP contribution in [-0.4, -0.2) is 75.2 Å². The van der Waals surface area contributed by atoms with E-state index in [4.69, 9.17) is 10.8 Å². The molecule has 0 aromatic carbocycles. The van der Waals surface area contributed by atoms with Crippen LogP contribution >= 0.6 is 0 Å². The molecule has 0 radical (unpaired) electrons. The van der Waals surface area contributed by atoms with Crippen LogP contribution < -0.4 is 5.73 Å². The van der Waals surface area contributed by atoms with Crippen molar-refractivity contribution in [3.63, 3.8) is 0 Å². The summed E-state index contributed by atoms with van der Waals surface area (Å²) in [6.45, 7) is -0.712. The van der Waals surface area contributed by atoms with E-state index < -0.39 is 56.1 Å². The summed E-state index contributed by atoms with van der Waals surface area (Å²) in [7, 11) is 0. The van der Waals surface area contributed by atoms with E-state index in [1.54, 1.807) is 0 Å². The Morgan fingerprint density at radius 1 is 1.26 bits per heavy atom. The van der Waals surface area contributed by atoms with Gasteiger partial charge in [-0.3, -0.25) is 4.90 Å². The van der Waals surface area contributed by atoms with Crippen molar-refractivity contribution < 1.29 is 33.6 Å². The first-order chi connectivity index (χ1) is 8.67. The first-order valence-corrected chi connectivity index (χ1v) is 5.90. The Hall–Kier alpha value is -0.450. The van der Waals surface area contributed by atoms with E-state index in [2.05, 4.69) is 0 Å². The van der Waals surface area contributed by atoms with Gasteiger partial charge >= 0.3 is 6.18 Å². The summed E-state index contributed by atoms with van der Waals surface area (Å²) in [5.74, 6) is 0. The highest BCUT2D eigenvalue weighted by Gasteiger charge is 2.43. The fourth-order valence-corrected chi connectivity index (χ4v) is 2.18. The summed E-state index contributed by atoms with van der Waals surface area (Å²) >= 11 is 0. The number of nitrogens with zero attached hydrogens (tertiary/aromatic N) is 1. The fraction of sp³-hybridized carbons (Fsp3) is 1.00. The lowest BCUT2D eigenvalue weighted by Crippen LogP contribution is -2.67. The monoisotopic (exact) mass is 288 g/mol. The van der Waals surface area contributed by atoms with Gasteiger partial charge < -0.3 is 26.2 Å². The largest absolute Gasteiger partial charge is 0.395 e. The Labute approximate surface area is 108 Å². The van der Waals surface area contributed by atoms with Crippen LogP contribution in [-0.2, 0) is 0 Å². The van der Waals surface area contributed by atoms with Gasteiger partial charge in [-0.05, 0) is 6.42 Å². The highest BCUT2D eigenvalue weighted by atomic mass is 19.4. The Morgan fingerprint density at radius 2 is 1.84 bits per heavy atom. The molecule has 1 saturated heterocycles. The third-order valence-corrected chi connectivity index (χ3v) is 3.29. The van der Waals surface area contributed by atoms with Crippen molar-refractivity contribution >= 4 is 0 Å². The van der Waals surface area contributed by atoms with Gasteiger partial charge in [0.1, 0.15) is 6.23 Å². The second-order valence-electron chi connectivity index (χ2n) is 4.73. The van der Waals surface area contributed by atoms with Crippen molar-refractivity contribution in [3.05, 3.63) is 0 Å². The molecule has 0 amide bonds. The van der Waals surface area contributed by atoms with Crippen LogP contribution in [0.4, 0.5) is 13.2 Å². The van der Waals surface area contributed by atoms with E-state index >= 15 is 0 Å². The van der Waals surface area contributed by atoms with Crippen molar-refractivity contribution in [2.45, 2.75) is 49.5 Å². The molecule has 114 valence electrons. The predicted octanol–water partition coefficient (Wildman–Crippen LogP) is -1.63. The second-order valence-corrected chi connectivity index (χ2v) is 4.73. The minimum atomic E-state index is -4.40. The molecule has 1 aliphatic heterocycles. The number of hydrogen-bond donors (Lipinski definition) is 5.